The van der Waals surface area contributed by atoms with Gasteiger partial charge in [0.15, 0.2) is 12.6 Å². The summed E-state index contributed by atoms with van der Waals surface area (Å²) in [6.07, 6.45) is 11.1. The van der Waals surface area contributed by atoms with Crippen LogP contribution in [0.1, 0.15) is 213 Å². The van der Waals surface area contributed by atoms with Gasteiger partial charge < -0.3 is 100 Å². The topological polar surface area (TPSA) is 373 Å². The quantitative estimate of drug-likeness (QED) is 0.0301. The second-order valence-electron chi connectivity index (χ2n) is 23.6. The highest BCUT2D eigenvalue weighted by atomic mass is 16.8. The SMILES string of the molecule is CCCC/C=C\CCCCCCC(=O)NC(COC1OC(CO)C(OC2OC(CO)C(O)C(OC3(C(=O)O)CC(O)C(NC(C)=O)C(C(O)C(O)CO)O3)C2O)C(O)C1O)C(O)/C=C/CCCCCCCCCCCCCCCCCCCCC. The molecule has 0 aromatic carbocycles. The Kier molecular flexibility index (Phi) is 39.4. The maximum absolute atomic E-state index is 13.3. The standard InChI is InChI=1S/C62H112N2O21/c1-4-6-8-10-12-14-16-17-18-19-20-21-22-23-24-25-26-27-29-31-33-35-44(69)43(64-49(72)36-34-32-30-28-15-13-11-9-7-5-2)41-80-59-54(76)53(75)56(48(40-67)82-59)83-60-55(77)58(52(74)47(39-66)81-60)85-62(61(78)79)37-45(70)50(63-42(3)68)57(84-62)51(73)46(71)38-65/h11,13,33,35,43-48,50-60,65-67,69-71,73-77H,4-10,12,14-32,34,36-41H2,1-3H3,(H,63,68)(H,64,72)(H,78,79)/b13-11-,35-33+. The second-order valence-corrected chi connectivity index (χ2v) is 23.6. The lowest BCUT2D eigenvalue weighted by Gasteiger charge is -2.50. The molecule has 0 saturated carbocycles. The third kappa shape index (κ3) is 27.5. The molecule has 23 heteroatoms. The Morgan fingerprint density at radius 2 is 1.12 bits per heavy atom. The van der Waals surface area contributed by atoms with Crippen molar-refractivity contribution in [2.75, 3.05) is 26.4 Å². The van der Waals surface area contributed by atoms with Crippen LogP contribution in [0.15, 0.2) is 24.3 Å². The fraction of sp³-hybridized carbons (Fsp3) is 0.887. The minimum Gasteiger partial charge on any atom is -0.477 e. The molecule has 23 nitrogen and oxygen atoms in total. The van der Waals surface area contributed by atoms with Crippen molar-refractivity contribution in [3.8, 4) is 0 Å². The molecule has 0 bridgehead atoms. The number of aliphatic hydroxyl groups is 11. The Labute approximate surface area is 504 Å². The Hall–Kier alpha value is -2.79. The van der Waals surface area contributed by atoms with Gasteiger partial charge in [0.05, 0.1) is 50.7 Å². The van der Waals surface area contributed by atoms with E-state index in [9.17, 15) is 75.7 Å². The number of nitrogens with one attached hydrogen (secondary N) is 2. The first-order chi connectivity index (χ1) is 40.9. The third-order valence-corrected chi connectivity index (χ3v) is 16.4. The van der Waals surface area contributed by atoms with Gasteiger partial charge in [0, 0.05) is 19.8 Å². The van der Waals surface area contributed by atoms with Gasteiger partial charge in [-0.25, -0.2) is 4.79 Å². The summed E-state index contributed by atoms with van der Waals surface area (Å²) in [7, 11) is 0. The van der Waals surface area contributed by atoms with E-state index >= 15 is 0 Å². The van der Waals surface area contributed by atoms with Crippen LogP contribution in [0, 0.1) is 0 Å². The highest BCUT2D eigenvalue weighted by molar-refractivity contribution is 5.77. The Morgan fingerprint density at radius 3 is 1.64 bits per heavy atom. The third-order valence-electron chi connectivity index (χ3n) is 16.4. The molecule has 3 heterocycles. The fourth-order valence-electron chi connectivity index (χ4n) is 11.2. The molecular weight excluding hydrogens is 1110 g/mol. The monoisotopic (exact) mass is 1220 g/mol. The number of carboxylic acids is 1. The van der Waals surface area contributed by atoms with Gasteiger partial charge in [0.25, 0.3) is 5.79 Å². The average molecular weight is 1220 g/mol. The summed E-state index contributed by atoms with van der Waals surface area (Å²) < 4.78 is 34.7. The van der Waals surface area contributed by atoms with E-state index in [0.29, 0.717) is 12.8 Å². The lowest BCUT2D eigenvalue weighted by molar-refractivity contribution is -0.386. The molecule has 3 aliphatic rings. The van der Waals surface area contributed by atoms with E-state index in [2.05, 4.69) is 36.6 Å². The zero-order valence-corrected chi connectivity index (χ0v) is 51.2. The molecule has 85 heavy (non-hydrogen) atoms. The van der Waals surface area contributed by atoms with Crippen LogP contribution in [0.2, 0.25) is 0 Å². The van der Waals surface area contributed by atoms with Crippen LogP contribution in [-0.2, 0) is 42.8 Å². The summed E-state index contributed by atoms with van der Waals surface area (Å²) in [5, 5.41) is 135. The number of carbonyl (C=O) groups excluding carboxylic acids is 2. The lowest BCUT2D eigenvalue weighted by Crippen LogP contribution is -2.70. The van der Waals surface area contributed by atoms with Crippen LogP contribution in [0.25, 0.3) is 0 Å². The van der Waals surface area contributed by atoms with Crippen molar-refractivity contribution in [1.82, 2.24) is 10.6 Å². The molecule has 2 amide bonds. The summed E-state index contributed by atoms with van der Waals surface area (Å²) in [5.41, 5.74) is 0. The smallest absolute Gasteiger partial charge is 0.364 e. The second kappa shape index (κ2) is 43.8. The summed E-state index contributed by atoms with van der Waals surface area (Å²) >= 11 is 0. The molecule has 18 unspecified atom stereocenters. The highest BCUT2D eigenvalue weighted by Crippen LogP contribution is 2.38. The number of carbonyl (C=O) groups is 3. The van der Waals surface area contributed by atoms with Crippen LogP contribution in [0.4, 0.5) is 0 Å². The molecule has 0 radical (unpaired) electrons. The predicted octanol–water partition coefficient (Wildman–Crippen LogP) is 4.11. The van der Waals surface area contributed by atoms with Crippen LogP contribution < -0.4 is 10.6 Å². The zero-order valence-electron chi connectivity index (χ0n) is 51.2. The normalized spacial score (nSPS) is 29.7. The molecule has 3 aliphatic heterocycles. The van der Waals surface area contributed by atoms with E-state index in [1.807, 2.05) is 6.08 Å². The van der Waals surface area contributed by atoms with E-state index in [1.165, 1.54) is 103 Å². The largest absolute Gasteiger partial charge is 0.477 e. The van der Waals surface area contributed by atoms with Gasteiger partial charge >= 0.3 is 5.97 Å². The highest BCUT2D eigenvalue weighted by Gasteiger charge is 2.60. The maximum atomic E-state index is 13.3. The molecular formula is C62H112N2O21. The van der Waals surface area contributed by atoms with Crippen molar-refractivity contribution in [2.24, 2.45) is 0 Å². The number of aliphatic hydroxyl groups excluding tert-OH is 11. The first-order valence-electron chi connectivity index (χ1n) is 32.2. The van der Waals surface area contributed by atoms with Gasteiger partial charge in [-0.2, -0.15) is 0 Å². The molecule has 0 aromatic rings. The van der Waals surface area contributed by atoms with E-state index in [-0.39, 0.29) is 12.3 Å². The Morgan fingerprint density at radius 1 is 0.612 bits per heavy atom. The summed E-state index contributed by atoms with van der Waals surface area (Å²) in [4.78, 5) is 38.4. The maximum Gasteiger partial charge on any atom is 0.364 e. The molecule has 14 N–H and O–H groups in total. The average Bonchev–Trinajstić information content (AvgIpc) is 3.54. The van der Waals surface area contributed by atoms with Gasteiger partial charge in [0.2, 0.25) is 11.8 Å². The first-order valence-corrected chi connectivity index (χ1v) is 32.2. The van der Waals surface area contributed by atoms with E-state index in [0.717, 1.165) is 71.1 Å². The minimum absolute atomic E-state index is 0.185. The van der Waals surface area contributed by atoms with Gasteiger partial charge in [-0.3, -0.25) is 9.59 Å². The van der Waals surface area contributed by atoms with E-state index in [1.54, 1.807) is 6.08 Å². The summed E-state index contributed by atoms with van der Waals surface area (Å²) in [6.45, 7) is 2.05. The van der Waals surface area contributed by atoms with Crippen molar-refractivity contribution in [3.05, 3.63) is 24.3 Å². The number of rotatable bonds is 47. The molecule has 496 valence electrons. The van der Waals surface area contributed by atoms with Crippen molar-refractivity contribution in [3.63, 3.8) is 0 Å². The molecule has 0 spiro atoms. The van der Waals surface area contributed by atoms with Crippen molar-refractivity contribution in [1.29, 1.82) is 0 Å². The number of hydrogen-bond donors (Lipinski definition) is 14. The Bertz CT molecular complexity index is 1830. The van der Waals surface area contributed by atoms with Gasteiger partial charge in [-0.1, -0.05) is 179 Å². The predicted molar refractivity (Wildman–Crippen MR) is 315 cm³/mol. The summed E-state index contributed by atoms with van der Waals surface area (Å²) in [6, 6.07) is -2.62. The number of hydrogen-bond acceptors (Lipinski definition) is 20. The van der Waals surface area contributed by atoms with Crippen molar-refractivity contribution in [2.45, 2.75) is 323 Å². The molecule has 3 fully saturated rings. The number of unbranched alkanes of at least 4 members (excludes halogenated alkanes) is 25. The van der Waals surface area contributed by atoms with Crippen molar-refractivity contribution < 1.29 is 104 Å². The van der Waals surface area contributed by atoms with Crippen LogP contribution in [0.5, 0.6) is 0 Å². The number of aliphatic carboxylic acids is 1. The molecule has 18 atom stereocenters. The number of amides is 2. The van der Waals surface area contributed by atoms with Crippen LogP contribution >= 0.6 is 0 Å². The summed E-state index contributed by atoms with van der Waals surface area (Å²) in [5.74, 6) is -6.16. The van der Waals surface area contributed by atoms with Crippen LogP contribution in [-0.4, -0.2) is 215 Å². The van der Waals surface area contributed by atoms with E-state index in [4.69, 9.17) is 28.4 Å². The Balaban J connectivity index is 1.62. The fourth-order valence-corrected chi connectivity index (χ4v) is 11.2. The minimum atomic E-state index is -3.08. The van der Waals surface area contributed by atoms with Crippen molar-refractivity contribution >= 4 is 17.8 Å². The molecule has 0 aromatic heterocycles. The molecule has 3 rings (SSSR count). The first kappa shape index (κ1) is 76.5. The zero-order chi connectivity index (χ0) is 62.6. The number of ether oxygens (including phenoxy) is 6. The number of carboxylic acid groups (broad SMARTS) is 1. The molecule has 0 aliphatic carbocycles. The number of allylic oxidation sites excluding steroid dienone is 3. The molecule has 3 saturated heterocycles. The van der Waals surface area contributed by atoms with Gasteiger partial charge in [-0.15, -0.1) is 0 Å². The lowest BCUT2D eigenvalue weighted by atomic mass is 9.88. The van der Waals surface area contributed by atoms with Gasteiger partial charge in [0.1, 0.15) is 67.1 Å². The van der Waals surface area contributed by atoms with Gasteiger partial charge in [-0.05, 0) is 38.5 Å². The van der Waals surface area contributed by atoms with Crippen LogP contribution in [0.3, 0.4) is 0 Å². The van der Waals surface area contributed by atoms with E-state index < -0.39 is 155 Å².